The highest BCUT2D eigenvalue weighted by molar-refractivity contribution is 9.10. The SMILES string of the molecule is Nc1cccc(Cc2nc3cc(Br)ccc3n2C2CC2)c1. The van der Waals surface area contributed by atoms with E-state index >= 15 is 0 Å². The number of hydrogen-bond acceptors (Lipinski definition) is 2. The van der Waals surface area contributed by atoms with Crippen molar-refractivity contribution in [1.82, 2.24) is 9.55 Å². The fraction of sp³-hybridized carbons (Fsp3) is 0.235. The summed E-state index contributed by atoms with van der Waals surface area (Å²) in [6, 6.07) is 15.0. The fourth-order valence-electron chi connectivity index (χ4n) is 2.87. The summed E-state index contributed by atoms with van der Waals surface area (Å²) in [5.41, 5.74) is 10.2. The molecule has 1 aliphatic rings. The maximum atomic E-state index is 5.88. The molecule has 2 aromatic carbocycles. The Bertz CT molecular complexity index is 818. The number of nitrogens with two attached hydrogens (primary N) is 1. The van der Waals surface area contributed by atoms with Crippen LogP contribution in [0.15, 0.2) is 46.9 Å². The van der Waals surface area contributed by atoms with Gasteiger partial charge < -0.3 is 10.3 Å². The molecule has 0 saturated heterocycles. The Morgan fingerprint density at radius 2 is 2.05 bits per heavy atom. The summed E-state index contributed by atoms with van der Waals surface area (Å²) in [5.74, 6) is 1.14. The van der Waals surface area contributed by atoms with Crippen molar-refractivity contribution in [2.45, 2.75) is 25.3 Å². The summed E-state index contributed by atoms with van der Waals surface area (Å²) in [4.78, 5) is 4.85. The summed E-state index contributed by atoms with van der Waals surface area (Å²) in [6.45, 7) is 0. The van der Waals surface area contributed by atoms with E-state index in [-0.39, 0.29) is 0 Å². The van der Waals surface area contributed by atoms with Crippen molar-refractivity contribution in [3.05, 3.63) is 58.3 Å². The lowest BCUT2D eigenvalue weighted by Crippen LogP contribution is -2.02. The molecule has 0 aliphatic heterocycles. The van der Waals surface area contributed by atoms with Crippen LogP contribution >= 0.6 is 15.9 Å². The van der Waals surface area contributed by atoms with E-state index in [1.807, 2.05) is 18.2 Å². The van der Waals surface area contributed by atoms with Gasteiger partial charge in [0.2, 0.25) is 0 Å². The molecule has 21 heavy (non-hydrogen) atoms. The lowest BCUT2D eigenvalue weighted by molar-refractivity contribution is 0.716. The van der Waals surface area contributed by atoms with E-state index in [1.165, 1.54) is 23.9 Å². The second-order valence-corrected chi connectivity index (χ2v) is 6.60. The van der Waals surface area contributed by atoms with E-state index in [0.29, 0.717) is 6.04 Å². The summed E-state index contributed by atoms with van der Waals surface area (Å²) in [7, 11) is 0. The molecule has 1 heterocycles. The Kier molecular flexibility index (Phi) is 3.00. The Morgan fingerprint density at radius 3 is 2.81 bits per heavy atom. The third-order valence-corrected chi connectivity index (χ3v) is 4.44. The van der Waals surface area contributed by atoms with Crippen LogP contribution in [-0.2, 0) is 6.42 Å². The van der Waals surface area contributed by atoms with E-state index in [9.17, 15) is 0 Å². The standard InChI is InChI=1S/C17H16BrN3/c18-12-4-7-16-15(10-12)20-17(21(16)14-5-6-14)9-11-2-1-3-13(19)8-11/h1-4,7-8,10,14H,5-6,9,19H2. The number of nitrogen functional groups attached to an aromatic ring is 1. The normalized spacial score (nSPS) is 14.7. The number of fused-ring (bicyclic) bond motifs is 1. The number of rotatable bonds is 3. The van der Waals surface area contributed by atoms with Crippen LogP contribution in [0.1, 0.15) is 30.3 Å². The second-order valence-electron chi connectivity index (χ2n) is 5.68. The maximum absolute atomic E-state index is 5.88. The summed E-state index contributed by atoms with van der Waals surface area (Å²) < 4.78 is 3.48. The minimum atomic E-state index is 0.618. The molecule has 1 fully saturated rings. The van der Waals surface area contributed by atoms with Gasteiger partial charge in [0.25, 0.3) is 0 Å². The predicted octanol–water partition coefficient (Wildman–Crippen LogP) is 4.31. The third kappa shape index (κ3) is 2.44. The van der Waals surface area contributed by atoms with Crippen LogP contribution in [0, 0.1) is 0 Å². The van der Waals surface area contributed by atoms with Gasteiger partial charge in [-0.3, -0.25) is 0 Å². The molecule has 0 bridgehead atoms. The Labute approximate surface area is 131 Å². The summed E-state index contributed by atoms with van der Waals surface area (Å²) >= 11 is 3.53. The molecule has 106 valence electrons. The van der Waals surface area contributed by atoms with Gasteiger partial charge in [0.1, 0.15) is 5.82 Å². The predicted molar refractivity (Wildman–Crippen MR) is 89.4 cm³/mol. The van der Waals surface area contributed by atoms with Crippen molar-refractivity contribution in [2.75, 3.05) is 5.73 Å². The molecule has 0 amide bonds. The molecule has 4 heteroatoms. The minimum absolute atomic E-state index is 0.618. The zero-order valence-electron chi connectivity index (χ0n) is 11.6. The monoisotopic (exact) mass is 341 g/mol. The van der Waals surface area contributed by atoms with Gasteiger partial charge in [0.15, 0.2) is 0 Å². The Balaban J connectivity index is 1.82. The number of halogens is 1. The van der Waals surface area contributed by atoms with Crippen LogP contribution in [0.3, 0.4) is 0 Å². The molecule has 3 nitrogen and oxygen atoms in total. The van der Waals surface area contributed by atoms with Crippen LogP contribution < -0.4 is 5.73 Å². The van der Waals surface area contributed by atoms with Crippen LogP contribution in [0.5, 0.6) is 0 Å². The van der Waals surface area contributed by atoms with Crippen molar-refractivity contribution in [2.24, 2.45) is 0 Å². The molecule has 1 aliphatic carbocycles. The highest BCUT2D eigenvalue weighted by atomic mass is 79.9. The van der Waals surface area contributed by atoms with Crippen LogP contribution in [0.25, 0.3) is 11.0 Å². The molecule has 0 atom stereocenters. The number of nitrogens with zero attached hydrogens (tertiary/aromatic N) is 2. The van der Waals surface area contributed by atoms with Gasteiger partial charge in [-0.1, -0.05) is 28.1 Å². The van der Waals surface area contributed by atoms with E-state index < -0.39 is 0 Å². The quantitative estimate of drug-likeness (QED) is 0.721. The average Bonchev–Trinajstić information content (AvgIpc) is 3.21. The first-order valence-corrected chi connectivity index (χ1v) is 8.01. The van der Waals surface area contributed by atoms with E-state index in [0.717, 1.165) is 27.9 Å². The molecule has 0 spiro atoms. The fourth-order valence-corrected chi connectivity index (χ4v) is 3.22. The van der Waals surface area contributed by atoms with Gasteiger partial charge in [-0.2, -0.15) is 0 Å². The van der Waals surface area contributed by atoms with Crippen molar-refractivity contribution >= 4 is 32.7 Å². The molecule has 3 aromatic rings. The highest BCUT2D eigenvalue weighted by Gasteiger charge is 2.28. The molecular weight excluding hydrogens is 326 g/mol. The Hall–Kier alpha value is -1.81. The molecule has 4 rings (SSSR count). The molecule has 1 aromatic heterocycles. The van der Waals surface area contributed by atoms with Gasteiger partial charge in [0.05, 0.1) is 11.0 Å². The van der Waals surface area contributed by atoms with Gasteiger partial charge >= 0.3 is 0 Å². The summed E-state index contributed by atoms with van der Waals surface area (Å²) in [6.07, 6.45) is 3.34. The number of anilines is 1. The largest absolute Gasteiger partial charge is 0.399 e. The van der Waals surface area contributed by atoms with Crippen LogP contribution in [0.2, 0.25) is 0 Å². The smallest absolute Gasteiger partial charge is 0.114 e. The third-order valence-electron chi connectivity index (χ3n) is 3.95. The molecule has 2 N–H and O–H groups in total. The molecule has 0 unspecified atom stereocenters. The van der Waals surface area contributed by atoms with Gasteiger partial charge in [-0.05, 0) is 48.7 Å². The van der Waals surface area contributed by atoms with Crippen molar-refractivity contribution in [1.29, 1.82) is 0 Å². The number of aromatic nitrogens is 2. The van der Waals surface area contributed by atoms with Gasteiger partial charge in [-0.25, -0.2) is 4.98 Å². The van der Waals surface area contributed by atoms with Gasteiger partial charge in [-0.15, -0.1) is 0 Å². The highest BCUT2D eigenvalue weighted by Crippen LogP contribution is 2.39. The van der Waals surface area contributed by atoms with Crippen LogP contribution in [-0.4, -0.2) is 9.55 Å². The van der Waals surface area contributed by atoms with Crippen molar-refractivity contribution in [3.63, 3.8) is 0 Å². The second kappa shape index (κ2) is 4.88. The van der Waals surface area contributed by atoms with Crippen molar-refractivity contribution in [3.8, 4) is 0 Å². The molecular formula is C17H16BrN3. The zero-order valence-corrected chi connectivity index (χ0v) is 13.2. The summed E-state index contributed by atoms with van der Waals surface area (Å²) in [5, 5.41) is 0. The topological polar surface area (TPSA) is 43.8 Å². The average molecular weight is 342 g/mol. The van der Waals surface area contributed by atoms with E-state index in [1.54, 1.807) is 0 Å². The van der Waals surface area contributed by atoms with Crippen LogP contribution in [0.4, 0.5) is 5.69 Å². The molecule has 0 radical (unpaired) electrons. The number of benzene rings is 2. The first-order chi connectivity index (χ1) is 10.2. The Morgan fingerprint density at radius 1 is 1.19 bits per heavy atom. The first-order valence-electron chi connectivity index (χ1n) is 7.21. The van der Waals surface area contributed by atoms with E-state index in [4.69, 9.17) is 10.7 Å². The van der Waals surface area contributed by atoms with Crippen molar-refractivity contribution < 1.29 is 0 Å². The molecule has 1 saturated carbocycles. The lowest BCUT2D eigenvalue weighted by Gasteiger charge is -2.08. The lowest BCUT2D eigenvalue weighted by atomic mass is 10.1. The minimum Gasteiger partial charge on any atom is -0.399 e. The number of imidazole rings is 1. The van der Waals surface area contributed by atoms with E-state index in [2.05, 4.69) is 44.8 Å². The first kappa shape index (κ1) is 12.9. The maximum Gasteiger partial charge on any atom is 0.114 e. The zero-order chi connectivity index (χ0) is 14.4. The number of hydrogen-bond donors (Lipinski definition) is 1. The van der Waals surface area contributed by atoms with Gasteiger partial charge in [0, 0.05) is 22.6 Å².